The highest BCUT2D eigenvalue weighted by atomic mass is 16.6. The molecular weight excluding hydrogens is 212 g/mol. The summed E-state index contributed by atoms with van der Waals surface area (Å²) in [5, 5.41) is 2.89. The van der Waals surface area contributed by atoms with Crippen LogP contribution in [0.3, 0.4) is 0 Å². The molecule has 0 saturated heterocycles. The quantitative estimate of drug-likeness (QED) is 0.435. The summed E-state index contributed by atoms with van der Waals surface area (Å²) in [4.78, 5) is 21.9. The van der Waals surface area contributed by atoms with Crippen molar-refractivity contribution in [1.82, 2.24) is 5.32 Å². The minimum Gasteiger partial charge on any atom is -0.461 e. The smallest absolute Gasteiger partial charge is 0.323 e. The summed E-state index contributed by atoms with van der Waals surface area (Å²) in [6.07, 6.45) is 0.950. The molecule has 3 N–H and O–H groups in total. The zero-order chi connectivity index (χ0) is 12.4. The van der Waals surface area contributed by atoms with E-state index in [0.29, 0.717) is 0 Å². The van der Waals surface area contributed by atoms with E-state index < -0.39 is 12.0 Å². The molecule has 0 aliphatic heterocycles. The van der Waals surface area contributed by atoms with Crippen LogP contribution in [0.5, 0.6) is 0 Å². The second kappa shape index (κ2) is 9.11. The van der Waals surface area contributed by atoms with Crippen LogP contribution in [0.15, 0.2) is 0 Å². The van der Waals surface area contributed by atoms with Crippen molar-refractivity contribution in [3.8, 4) is 0 Å². The topological polar surface area (TPSA) is 90.6 Å². The molecule has 0 aromatic rings. The largest absolute Gasteiger partial charge is 0.461 e. The summed E-state index contributed by atoms with van der Waals surface area (Å²) in [7, 11) is 0. The number of ether oxygens (including phenoxy) is 2. The highest BCUT2D eigenvalue weighted by Crippen LogP contribution is 1.89. The first kappa shape index (κ1) is 14.9. The Morgan fingerprint density at radius 3 is 2.75 bits per heavy atom. The highest BCUT2D eigenvalue weighted by molar-refractivity contribution is 5.75. The van der Waals surface area contributed by atoms with Crippen LogP contribution in [-0.2, 0) is 19.1 Å². The normalized spacial score (nSPS) is 11.9. The Bertz CT molecular complexity index is 219. The molecule has 6 heteroatoms. The van der Waals surface area contributed by atoms with E-state index in [1.807, 2.05) is 6.92 Å². The Labute approximate surface area is 95.5 Å². The zero-order valence-corrected chi connectivity index (χ0v) is 9.69. The first-order valence-electron chi connectivity index (χ1n) is 5.22. The maximum Gasteiger partial charge on any atom is 0.323 e. The highest BCUT2D eigenvalue weighted by Gasteiger charge is 2.09. The SMILES string of the molecule is CCCNCC(=O)OC[CH]OC(=O)[C@H](C)N. The number of esters is 2. The molecule has 0 fully saturated rings. The second-order valence-electron chi connectivity index (χ2n) is 3.25. The number of rotatable bonds is 8. The summed E-state index contributed by atoms with van der Waals surface area (Å²) in [5.74, 6) is -0.943. The van der Waals surface area contributed by atoms with Gasteiger partial charge in [-0.2, -0.15) is 0 Å². The Balaban J connectivity index is 3.37. The Morgan fingerprint density at radius 2 is 2.19 bits per heavy atom. The molecule has 0 aromatic heterocycles. The van der Waals surface area contributed by atoms with Crippen molar-refractivity contribution in [3.63, 3.8) is 0 Å². The van der Waals surface area contributed by atoms with E-state index in [0.717, 1.165) is 19.6 Å². The molecule has 0 unspecified atom stereocenters. The lowest BCUT2D eigenvalue weighted by molar-refractivity contribution is -0.148. The fraction of sp³-hybridized carbons (Fsp3) is 0.700. The molecule has 0 aliphatic rings. The van der Waals surface area contributed by atoms with Gasteiger partial charge in [-0.3, -0.25) is 9.59 Å². The molecule has 6 nitrogen and oxygen atoms in total. The molecule has 0 aliphatic carbocycles. The molecule has 0 bridgehead atoms. The van der Waals surface area contributed by atoms with Crippen molar-refractivity contribution < 1.29 is 19.1 Å². The van der Waals surface area contributed by atoms with Crippen LogP contribution in [0.25, 0.3) is 0 Å². The third kappa shape index (κ3) is 8.19. The van der Waals surface area contributed by atoms with Gasteiger partial charge in [0.15, 0.2) is 6.61 Å². The lowest BCUT2D eigenvalue weighted by atomic mass is 10.4. The van der Waals surface area contributed by atoms with Crippen LogP contribution >= 0.6 is 0 Å². The van der Waals surface area contributed by atoms with Crippen molar-refractivity contribution in [3.05, 3.63) is 6.61 Å². The molecule has 0 aromatic carbocycles. The van der Waals surface area contributed by atoms with Crippen LogP contribution in [0.4, 0.5) is 0 Å². The zero-order valence-electron chi connectivity index (χ0n) is 9.69. The van der Waals surface area contributed by atoms with Gasteiger partial charge in [0.2, 0.25) is 0 Å². The number of nitrogens with two attached hydrogens (primary N) is 1. The predicted molar refractivity (Wildman–Crippen MR) is 58.2 cm³/mol. The first-order chi connectivity index (χ1) is 7.57. The molecule has 1 radical (unpaired) electrons. The van der Waals surface area contributed by atoms with Crippen molar-refractivity contribution in [2.75, 3.05) is 19.7 Å². The van der Waals surface area contributed by atoms with Crippen molar-refractivity contribution in [1.29, 1.82) is 0 Å². The molecule has 1 atom stereocenters. The average Bonchev–Trinajstić information content (AvgIpc) is 2.24. The van der Waals surface area contributed by atoms with Gasteiger partial charge in [-0.25, -0.2) is 0 Å². The fourth-order valence-electron chi connectivity index (χ4n) is 0.769. The van der Waals surface area contributed by atoms with Gasteiger partial charge in [0.25, 0.3) is 0 Å². The van der Waals surface area contributed by atoms with E-state index >= 15 is 0 Å². The van der Waals surface area contributed by atoms with Gasteiger partial charge >= 0.3 is 11.9 Å². The third-order valence-electron chi connectivity index (χ3n) is 1.58. The summed E-state index contributed by atoms with van der Waals surface area (Å²) in [6.45, 7) is 5.48. The van der Waals surface area contributed by atoms with Crippen LogP contribution < -0.4 is 11.1 Å². The van der Waals surface area contributed by atoms with E-state index in [1.165, 1.54) is 6.92 Å². The number of hydrogen-bond acceptors (Lipinski definition) is 6. The van der Waals surface area contributed by atoms with Gasteiger partial charge in [-0.1, -0.05) is 6.92 Å². The predicted octanol–water partition coefficient (Wildman–Crippen LogP) is -0.419. The lowest BCUT2D eigenvalue weighted by Crippen LogP contribution is -2.29. The van der Waals surface area contributed by atoms with Crippen LogP contribution in [0, 0.1) is 6.61 Å². The Morgan fingerprint density at radius 1 is 1.50 bits per heavy atom. The monoisotopic (exact) mass is 231 g/mol. The minimum absolute atomic E-state index is 0.0644. The summed E-state index contributed by atoms with van der Waals surface area (Å²) < 4.78 is 9.34. The Kier molecular flexibility index (Phi) is 8.46. The lowest BCUT2D eigenvalue weighted by Gasteiger charge is -2.07. The maximum atomic E-state index is 11.0. The molecule has 0 saturated carbocycles. The summed E-state index contributed by atoms with van der Waals surface area (Å²) in [5.41, 5.74) is 5.25. The van der Waals surface area contributed by atoms with Crippen LogP contribution in [0.2, 0.25) is 0 Å². The second-order valence-corrected chi connectivity index (χ2v) is 3.25. The fourth-order valence-corrected chi connectivity index (χ4v) is 0.769. The van der Waals surface area contributed by atoms with E-state index in [1.54, 1.807) is 0 Å². The van der Waals surface area contributed by atoms with E-state index in [2.05, 4.69) is 10.1 Å². The molecule has 0 rings (SSSR count). The van der Waals surface area contributed by atoms with Crippen molar-refractivity contribution >= 4 is 11.9 Å². The third-order valence-corrected chi connectivity index (χ3v) is 1.58. The molecule has 0 heterocycles. The number of hydrogen-bond donors (Lipinski definition) is 2. The van der Waals surface area contributed by atoms with E-state index in [9.17, 15) is 9.59 Å². The van der Waals surface area contributed by atoms with Gasteiger partial charge in [0.05, 0.1) is 6.54 Å². The van der Waals surface area contributed by atoms with E-state index in [4.69, 9.17) is 10.5 Å². The van der Waals surface area contributed by atoms with Gasteiger partial charge in [0, 0.05) is 0 Å². The maximum absolute atomic E-state index is 11.0. The molecule has 16 heavy (non-hydrogen) atoms. The standard InChI is InChI=1S/C10H19N2O4/c1-3-4-12-7-9(13)15-5-6-16-10(14)8(2)11/h6,8,12H,3-5,7,11H2,1-2H3/t8-/m0/s1. The first-order valence-corrected chi connectivity index (χ1v) is 5.22. The van der Waals surface area contributed by atoms with Gasteiger partial charge in [-0.15, -0.1) is 0 Å². The van der Waals surface area contributed by atoms with E-state index in [-0.39, 0.29) is 19.1 Å². The summed E-state index contributed by atoms with van der Waals surface area (Å²) >= 11 is 0. The average molecular weight is 231 g/mol. The van der Waals surface area contributed by atoms with Gasteiger partial charge in [0.1, 0.15) is 12.6 Å². The number of carbonyl (C=O) groups excluding carboxylic acids is 2. The van der Waals surface area contributed by atoms with Crippen LogP contribution in [-0.4, -0.2) is 37.7 Å². The number of carbonyl (C=O) groups is 2. The van der Waals surface area contributed by atoms with Crippen molar-refractivity contribution in [2.45, 2.75) is 26.3 Å². The molecule has 0 spiro atoms. The summed E-state index contributed by atoms with van der Waals surface area (Å²) in [6, 6.07) is -0.682. The minimum atomic E-state index is -0.682. The van der Waals surface area contributed by atoms with Gasteiger partial charge < -0.3 is 20.5 Å². The van der Waals surface area contributed by atoms with Crippen molar-refractivity contribution in [2.24, 2.45) is 5.73 Å². The molecular formula is C10H19N2O4. The van der Waals surface area contributed by atoms with Crippen LogP contribution in [0.1, 0.15) is 20.3 Å². The van der Waals surface area contributed by atoms with Gasteiger partial charge in [-0.05, 0) is 19.9 Å². The Hall–Kier alpha value is -1.14. The number of nitrogens with one attached hydrogen (secondary N) is 1. The molecule has 93 valence electrons. The molecule has 0 amide bonds.